The number of hydrogen-bond acceptors (Lipinski definition) is 6. The third-order valence-electron chi connectivity index (χ3n) is 3.60. The molecular weight excluding hydrogens is 282 g/mol. The maximum atomic E-state index is 12.3. The fraction of sp³-hybridized carbons (Fsp3) is 0.333. The molecule has 112 valence electrons. The van der Waals surface area contributed by atoms with Gasteiger partial charge in [-0.05, 0) is 19.1 Å². The van der Waals surface area contributed by atoms with Crippen LogP contribution in [0.4, 0.5) is 5.82 Å². The summed E-state index contributed by atoms with van der Waals surface area (Å²) >= 11 is 0. The lowest BCUT2D eigenvalue weighted by Gasteiger charge is -2.34. The van der Waals surface area contributed by atoms with Gasteiger partial charge in [-0.25, -0.2) is 4.98 Å². The van der Waals surface area contributed by atoms with Gasteiger partial charge in [-0.1, -0.05) is 5.16 Å². The molecule has 0 bridgehead atoms. The first-order valence-electron chi connectivity index (χ1n) is 7.01. The van der Waals surface area contributed by atoms with Crippen LogP contribution in [0, 0.1) is 18.3 Å². The number of anilines is 1. The number of carbonyl (C=O) groups is 1. The molecule has 22 heavy (non-hydrogen) atoms. The molecule has 2 aromatic heterocycles. The molecule has 0 radical (unpaired) electrons. The van der Waals surface area contributed by atoms with Gasteiger partial charge in [0.15, 0.2) is 0 Å². The highest BCUT2D eigenvalue weighted by atomic mass is 16.5. The van der Waals surface area contributed by atoms with Crippen LogP contribution < -0.4 is 4.90 Å². The summed E-state index contributed by atoms with van der Waals surface area (Å²) in [5, 5.41) is 12.7. The quantitative estimate of drug-likeness (QED) is 0.828. The topological polar surface area (TPSA) is 86.3 Å². The lowest BCUT2D eigenvalue weighted by Crippen LogP contribution is -2.49. The minimum Gasteiger partial charge on any atom is -0.353 e. The van der Waals surface area contributed by atoms with Gasteiger partial charge in [-0.15, -0.1) is 0 Å². The van der Waals surface area contributed by atoms with Crippen molar-refractivity contribution in [3.63, 3.8) is 0 Å². The molecule has 3 rings (SSSR count). The monoisotopic (exact) mass is 297 g/mol. The van der Waals surface area contributed by atoms with Crippen molar-refractivity contribution >= 4 is 11.7 Å². The van der Waals surface area contributed by atoms with Gasteiger partial charge in [0.25, 0.3) is 5.91 Å². The van der Waals surface area contributed by atoms with Gasteiger partial charge in [0.2, 0.25) is 5.76 Å². The van der Waals surface area contributed by atoms with Crippen LogP contribution in [-0.4, -0.2) is 47.1 Å². The normalized spacial score (nSPS) is 14.7. The molecule has 0 aromatic carbocycles. The van der Waals surface area contributed by atoms with Crippen molar-refractivity contribution in [3.8, 4) is 6.07 Å². The Hall–Kier alpha value is -2.88. The highest BCUT2D eigenvalue weighted by molar-refractivity contribution is 5.91. The average Bonchev–Trinajstić information content (AvgIpc) is 3.01. The summed E-state index contributed by atoms with van der Waals surface area (Å²) in [5.41, 5.74) is 1.28. The van der Waals surface area contributed by atoms with Crippen LogP contribution in [0.5, 0.6) is 0 Å². The number of aromatic nitrogens is 2. The SMILES string of the molecule is Cc1cc(C(=O)N2CCN(c3cc(C#N)ccn3)CC2)on1. The van der Waals surface area contributed by atoms with Crippen LogP contribution in [0.15, 0.2) is 28.9 Å². The predicted molar refractivity (Wildman–Crippen MR) is 78.3 cm³/mol. The molecule has 0 aliphatic carbocycles. The van der Waals surface area contributed by atoms with Gasteiger partial charge in [0, 0.05) is 38.4 Å². The zero-order valence-electron chi connectivity index (χ0n) is 12.2. The van der Waals surface area contributed by atoms with Crippen molar-refractivity contribution in [2.24, 2.45) is 0 Å². The summed E-state index contributed by atoms with van der Waals surface area (Å²) in [6, 6.07) is 7.19. The van der Waals surface area contributed by atoms with Crippen molar-refractivity contribution in [2.75, 3.05) is 31.1 Å². The maximum Gasteiger partial charge on any atom is 0.292 e. The molecule has 0 atom stereocenters. The Bertz CT molecular complexity index is 726. The molecule has 7 nitrogen and oxygen atoms in total. The highest BCUT2D eigenvalue weighted by Gasteiger charge is 2.25. The van der Waals surface area contributed by atoms with Crippen molar-refractivity contribution < 1.29 is 9.32 Å². The van der Waals surface area contributed by atoms with Crippen molar-refractivity contribution in [3.05, 3.63) is 41.4 Å². The van der Waals surface area contributed by atoms with E-state index in [1.807, 2.05) is 0 Å². The van der Waals surface area contributed by atoms with Crippen LogP contribution in [0.25, 0.3) is 0 Å². The zero-order chi connectivity index (χ0) is 15.5. The third-order valence-corrected chi connectivity index (χ3v) is 3.60. The molecule has 1 aliphatic rings. The summed E-state index contributed by atoms with van der Waals surface area (Å²) < 4.78 is 5.02. The van der Waals surface area contributed by atoms with E-state index >= 15 is 0 Å². The summed E-state index contributed by atoms with van der Waals surface area (Å²) in [6.07, 6.45) is 1.63. The van der Waals surface area contributed by atoms with E-state index in [9.17, 15) is 4.79 Å². The summed E-state index contributed by atoms with van der Waals surface area (Å²) in [4.78, 5) is 20.4. The van der Waals surface area contributed by atoms with Crippen LogP contribution in [0.3, 0.4) is 0 Å². The number of piperazine rings is 1. The Balaban J connectivity index is 1.65. The van der Waals surface area contributed by atoms with Crippen LogP contribution in [0.2, 0.25) is 0 Å². The van der Waals surface area contributed by atoms with Crippen molar-refractivity contribution in [1.82, 2.24) is 15.0 Å². The summed E-state index contributed by atoms with van der Waals surface area (Å²) in [6.45, 7) is 4.28. The summed E-state index contributed by atoms with van der Waals surface area (Å²) in [5.74, 6) is 0.899. The van der Waals surface area contributed by atoms with E-state index in [1.165, 1.54) is 0 Å². The minimum absolute atomic E-state index is 0.140. The number of carbonyl (C=O) groups excluding carboxylic acids is 1. The first-order valence-corrected chi connectivity index (χ1v) is 7.01. The number of nitriles is 1. The Morgan fingerprint density at radius 2 is 2.09 bits per heavy atom. The Kier molecular flexibility index (Phi) is 3.74. The minimum atomic E-state index is -0.140. The molecule has 1 saturated heterocycles. The molecule has 7 heteroatoms. The molecule has 2 aromatic rings. The van der Waals surface area contributed by atoms with E-state index in [-0.39, 0.29) is 11.7 Å². The van der Waals surface area contributed by atoms with E-state index in [0.29, 0.717) is 37.4 Å². The van der Waals surface area contributed by atoms with Gasteiger partial charge in [-0.3, -0.25) is 4.79 Å². The Labute approximate surface area is 127 Å². The van der Waals surface area contributed by atoms with E-state index < -0.39 is 0 Å². The lowest BCUT2D eigenvalue weighted by molar-refractivity contribution is 0.0704. The molecule has 0 saturated carbocycles. The number of nitrogens with zero attached hydrogens (tertiary/aromatic N) is 5. The molecule has 3 heterocycles. The van der Waals surface area contributed by atoms with Gasteiger partial charge in [0.05, 0.1) is 17.3 Å². The summed E-state index contributed by atoms with van der Waals surface area (Å²) in [7, 11) is 0. The Morgan fingerprint density at radius 3 is 2.73 bits per heavy atom. The van der Waals surface area contributed by atoms with Crippen LogP contribution >= 0.6 is 0 Å². The van der Waals surface area contributed by atoms with Crippen LogP contribution in [0.1, 0.15) is 21.8 Å². The van der Waals surface area contributed by atoms with Gasteiger partial charge in [0.1, 0.15) is 5.82 Å². The molecule has 0 spiro atoms. The number of pyridine rings is 1. The fourth-order valence-electron chi connectivity index (χ4n) is 2.42. The largest absolute Gasteiger partial charge is 0.353 e. The number of rotatable bonds is 2. The average molecular weight is 297 g/mol. The van der Waals surface area contributed by atoms with Crippen LogP contribution in [-0.2, 0) is 0 Å². The molecule has 0 unspecified atom stereocenters. The first-order chi connectivity index (χ1) is 10.7. The molecular formula is C15H15N5O2. The highest BCUT2D eigenvalue weighted by Crippen LogP contribution is 2.16. The predicted octanol–water partition coefficient (Wildman–Crippen LogP) is 1.21. The van der Waals surface area contributed by atoms with Gasteiger partial charge < -0.3 is 14.3 Å². The maximum absolute atomic E-state index is 12.3. The second kappa shape index (κ2) is 5.85. The standard InChI is InChI=1S/C15H15N5O2/c1-11-8-13(22-18-11)15(21)20-6-4-19(5-7-20)14-9-12(10-16)2-3-17-14/h2-3,8-9H,4-7H2,1H3. The van der Waals surface area contributed by atoms with E-state index in [1.54, 1.807) is 36.2 Å². The van der Waals surface area contributed by atoms with Gasteiger partial charge in [-0.2, -0.15) is 5.26 Å². The number of aryl methyl sites for hydroxylation is 1. The third kappa shape index (κ3) is 2.76. The Morgan fingerprint density at radius 1 is 1.32 bits per heavy atom. The molecule has 1 fully saturated rings. The molecule has 1 amide bonds. The first kappa shape index (κ1) is 14.1. The van der Waals surface area contributed by atoms with Crippen molar-refractivity contribution in [1.29, 1.82) is 5.26 Å². The van der Waals surface area contributed by atoms with E-state index in [4.69, 9.17) is 9.78 Å². The smallest absolute Gasteiger partial charge is 0.292 e. The van der Waals surface area contributed by atoms with E-state index in [0.717, 1.165) is 5.82 Å². The molecule has 1 aliphatic heterocycles. The van der Waals surface area contributed by atoms with Gasteiger partial charge >= 0.3 is 0 Å². The number of hydrogen-bond donors (Lipinski definition) is 0. The molecule has 0 N–H and O–H groups in total. The van der Waals surface area contributed by atoms with E-state index in [2.05, 4.69) is 21.1 Å². The lowest BCUT2D eigenvalue weighted by atomic mass is 10.2. The second-order valence-electron chi connectivity index (χ2n) is 5.13. The second-order valence-corrected chi connectivity index (χ2v) is 5.13. The fourth-order valence-corrected chi connectivity index (χ4v) is 2.42. The zero-order valence-corrected chi connectivity index (χ0v) is 12.2. The van der Waals surface area contributed by atoms with Crippen molar-refractivity contribution in [2.45, 2.75) is 6.92 Å². The number of amides is 1.